The molecule has 0 aliphatic carbocycles. The molecule has 1 N–H and O–H groups in total. The van der Waals surface area contributed by atoms with E-state index in [-0.39, 0.29) is 5.78 Å². The van der Waals surface area contributed by atoms with Crippen LogP contribution in [0.1, 0.15) is 22.5 Å². The van der Waals surface area contributed by atoms with E-state index in [0.717, 1.165) is 22.2 Å². The van der Waals surface area contributed by atoms with Crippen molar-refractivity contribution in [3.63, 3.8) is 0 Å². The van der Waals surface area contributed by atoms with Gasteiger partial charge in [0.25, 0.3) is 0 Å². The second kappa shape index (κ2) is 5.06. The zero-order chi connectivity index (χ0) is 12.3. The average molecular weight is 228 g/mol. The molecule has 0 fully saturated rings. The molecule has 1 aromatic heterocycles. The molecule has 17 heavy (non-hydrogen) atoms. The monoisotopic (exact) mass is 228 g/mol. The Morgan fingerprint density at radius 1 is 1.29 bits per heavy atom. The Balaban J connectivity index is 2.31. The molecule has 0 aliphatic heterocycles. The smallest absolute Gasteiger partial charge is 0.164 e. The molecule has 1 aromatic carbocycles. The van der Waals surface area contributed by atoms with Crippen LogP contribution in [0.4, 0.5) is 0 Å². The predicted molar refractivity (Wildman–Crippen MR) is 69.4 cm³/mol. The van der Waals surface area contributed by atoms with Gasteiger partial charge in [-0.15, -0.1) is 0 Å². The first-order chi connectivity index (χ1) is 8.20. The normalized spacial score (nSPS) is 10.7. The highest BCUT2D eigenvalue weighted by molar-refractivity contribution is 5.99. The quantitative estimate of drug-likeness (QED) is 0.817. The fourth-order valence-electron chi connectivity index (χ4n) is 1.78. The molecule has 0 aliphatic rings. The van der Waals surface area contributed by atoms with Crippen molar-refractivity contribution in [2.24, 2.45) is 0 Å². The number of hydrogen-bond donors (Lipinski definition) is 1. The number of carbonyl (C=O) groups is 1. The van der Waals surface area contributed by atoms with Gasteiger partial charge in [0.15, 0.2) is 5.78 Å². The topological polar surface area (TPSA) is 42.0 Å². The highest BCUT2D eigenvalue weighted by Crippen LogP contribution is 2.15. The number of nitrogens with one attached hydrogen (secondary N) is 1. The van der Waals surface area contributed by atoms with Gasteiger partial charge in [0.05, 0.1) is 5.52 Å². The van der Waals surface area contributed by atoms with E-state index in [4.69, 9.17) is 0 Å². The van der Waals surface area contributed by atoms with E-state index >= 15 is 0 Å². The SMILES string of the molecule is CNCCC(=O)c1ccc2nc(C)ccc2c1. The highest BCUT2D eigenvalue weighted by atomic mass is 16.1. The Bertz CT molecular complexity index is 549. The molecule has 0 saturated heterocycles. The summed E-state index contributed by atoms with van der Waals surface area (Å²) in [5.41, 5.74) is 2.69. The van der Waals surface area contributed by atoms with Crippen LogP contribution in [0.15, 0.2) is 30.3 Å². The lowest BCUT2D eigenvalue weighted by Gasteiger charge is -2.03. The number of benzene rings is 1. The number of fused-ring (bicyclic) bond motifs is 1. The second-order valence-corrected chi connectivity index (χ2v) is 4.14. The largest absolute Gasteiger partial charge is 0.319 e. The molecule has 0 atom stereocenters. The van der Waals surface area contributed by atoms with Crippen LogP contribution in [-0.4, -0.2) is 24.4 Å². The van der Waals surface area contributed by atoms with Crippen molar-refractivity contribution < 1.29 is 4.79 Å². The molecule has 0 saturated carbocycles. The van der Waals surface area contributed by atoms with Crippen LogP contribution in [0, 0.1) is 6.92 Å². The van der Waals surface area contributed by atoms with Crippen molar-refractivity contribution in [2.75, 3.05) is 13.6 Å². The Morgan fingerprint density at radius 3 is 2.88 bits per heavy atom. The number of rotatable bonds is 4. The van der Waals surface area contributed by atoms with Crippen LogP contribution < -0.4 is 5.32 Å². The predicted octanol–water partition coefficient (Wildman–Crippen LogP) is 2.34. The summed E-state index contributed by atoms with van der Waals surface area (Å²) in [7, 11) is 1.85. The number of ketones is 1. The van der Waals surface area contributed by atoms with E-state index < -0.39 is 0 Å². The van der Waals surface area contributed by atoms with Gasteiger partial charge in [-0.05, 0) is 38.2 Å². The average Bonchev–Trinajstić information content (AvgIpc) is 2.35. The minimum Gasteiger partial charge on any atom is -0.319 e. The minimum atomic E-state index is 0.168. The molecule has 0 unspecified atom stereocenters. The van der Waals surface area contributed by atoms with Gasteiger partial charge in [0.1, 0.15) is 0 Å². The number of pyridine rings is 1. The van der Waals surface area contributed by atoms with Crippen molar-refractivity contribution in [3.8, 4) is 0 Å². The first-order valence-corrected chi connectivity index (χ1v) is 5.76. The van der Waals surface area contributed by atoms with E-state index in [2.05, 4.69) is 10.3 Å². The number of nitrogens with zero attached hydrogens (tertiary/aromatic N) is 1. The maximum absolute atomic E-state index is 11.9. The molecule has 0 bridgehead atoms. The molecular formula is C14H16N2O. The van der Waals surface area contributed by atoms with Crippen molar-refractivity contribution in [1.82, 2.24) is 10.3 Å². The van der Waals surface area contributed by atoms with Gasteiger partial charge < -0.3 is 5.32 Å². The van der Waals surface area contributed by atoms with Crippen LogP contribution in [0.2, 0.25) is 0 Å². The van der Waals surface area contributed by atoms with Gasteiger partial charge in [-0.1, -0.05) is 6.07 Å². The van der Waals surface area contributed by atoms with Gasteiger partial charge in [0, 0.05) is 29.6 Å². The second-order valence-electron chi connectivity index (χ2n) is 4.14. The molecule has 2 aromatic rings. The van der Waals surface area contributed by atoms with Gasteiger partial charge in [-0.2, -0.15) is 0 Å². The van der Waals surface area contributed by atoms with E-state index in [9.17, 15) is 4.79 Å². The lowest BCUT2D eigenvalue weighted by Crippen LogP contribution is -2.12. The Hall–Kier alpha value is -1.74. The molecule has 0 radical (unpaired) electrons. The van der Waals surface area contributed by atoms with E-state index in [1.54, 1.807) is 0 Å². The molecule has 3 nitrogen and oxygen atoms in total. The summed E-state index contributed by atoms with van der Waals surface area (Å²) in [6.07, 6.45) is 0.529. The Morgan fingerprint density at radius 2 is 2.12 bits per heavy atom. The van der Waals surface area contributed by atoms with Gasteiger partial charge in [0.2, 0.25) is 0 Å². The summed E-state index contributed by atoms with van der Waals surface area (Å²) in [5, 5.41) is 4.00. The molecule has 88 valence electrons. The molecule has 1 heterocycles. The zero-order valence-corrected chi connectivity index (χ0v) is 10.2. The number of hydrogen-bond acceptors (Lipinski definition) is 3. The van der Waals surface area contributed by atoms with Crippen molar-refractivity contribution in [1.29, 1.82) is 0 Å². The molecular weight excluding hydrogens is 212 g/mol. The van der Waals surface area contributed by atoms with Gasteiger partial charge >= 0.3 is 0 Å². The molecule has 0 spiro atoms. The van der Waals surface area contributed by atoms with Crippen molar-refractivity contribution in [3.05, 3.63) is 41.6 Å². The van der Waals surface area contributed by atoms with Crippen LogP contribution in [-0.2, 0) is 0 Å². The third-order valence-electron chi connectivity index (χ3n) is 2.75. The summed E-state index contributed by atoms with van der Waals surface area (Å²) < 4.78 is 0. The number of aryl methyl sites for hydroxylation is 1. The van der Waals surface area contributed by atoms with E-state index in [1.165, 1.54) is 0 Å². The zero-order valence-electron chi connectivity index (χ0n) is 10.2. The Labute approximate surface area is 101 Å². The first kappa shape index (κ1) is 11.7. The number of aromatic nitrogens is 1. The standard InChI is InChI=1S/C14H16N2O/c1-10-3-4-11-9-12(5-6-13(11)16-10)14(17)7-8-15-2/h3-6,9,15H,7-8H2,1-2H3. The third-order valence-corrected chi connectivity index (χ3v) is 2.75. The fraction of sp³-hybridized carbons (Fsp3) is 0.286. The van der Waals surface area contributed by atoms with Crippen LogP contribution in [0.5, 0.6) is 0 Å². The van der Waals surface area contributed by atoms with Gasteiger partial charge in [-0.25, -0.2) is 0 Å². The number of carbonyl (C=O) groups excluding carboxylic acids is 1. The van der Waals surface area contributed by atoms with Crippen LogP contribution >= 0.6 is 0 Å². The summed E-state index contributed by atoms with van der Waals surface area (Å²) in [5.74, 6) is 0.168. The summed E-state index contributed by atoms with van der Waals surface area (Å²) in [4.78, 5) is 16.3. The molecule has 3 heteroatoms. The summed E-state index contributed by atoms with van der Waals surface area (Å²) in [6.45, 7) is 2.68. The van der Waals surface area contributed by atoms with Crippen LogP contribution in [0.25, 0.3) is 10.9 Å². The summed E-state index contributed by atoms with van der Waals surface area (Å²) >= 11 is 0. The molecule has 2 rings (SSSR count). The first-order valence-electron chi connectivity index (χ1n) is 5.76. The number of Topliss-reactive ketones (excluding diaryl/α,β-unsaturated/α-hetero) is 1. The van der Waals surface area contributed by atoms with E-state index in [0.29, 0.717) is 13.0 Å². The van der Waals surface area contributed by atoms with E-state index in [1.807, 2.05) is 44.3 Å². The Kier molecular flexibility index (Phi) is 3.49. The highest BCUT2D eigenvalue weighted by Gasteiger charge is 2.06. The summed E-state index contributed by atoms with van der Waals surface area (Å²) in [6, 6.07) is 9.65. The lowest BCUT2D eigenvalue weighted by atomic mass is 10.1. The lowest BCUT2D eigenvalue weighted by molar-refractivity contribution is 0.0983. The maximum atomic E-state index is 11.9. The van der Waals surface area contributed by atoms with Crippen LogP contribution in [0.3, 0.4) is 0 Å². The minimum absolute atomic E-state index is 0.168. The maximum Gasteiger partial charge on any atom is 0.164 e. The van der Waals surface area contributed by atoms with Crippen molar-refractivity contribution in [2.45, 2.75) is 13.3 Å². The van der Waals surface area contributed by atoms with Crippen molar-refractivity contribution >= 4 is 16.7 Å². The third kappa shape index (κ3) is 2.68. The fourth-order valence-corrected chi connectivity index (χ4v) is 1.78. The molecule has 0 amide bonds. The van der Waals surface area contributed by atoms with Gasteiger partial charge in [-0.3, -0.25) is 9.78 Å².